The van der Waals surface area contributed by atoms with Gasteiger partial charge in [-0.1, -0.05) is 20.3 Å². The third-order valence-electron chi connectivity index (χ3n) is 4.71. The van der Waals surface area contributed by atoms with E-state index in [1.165, 1.54) is 25.7 Å². The van der Waals surface area contributed by atoms with Gasteiger partial charge in [-0.3, -0.25) is 0 Å². The summed E-state index contributed by atoms with van der Waals surface area (Å²) in [5.41, 5.74) is 5.17. The van der Waals surface area contributed by atoms with Crippen molar-refractivity contribution in [3.05, 3.63) is 0 Å². The van der Waals surface area contributed by atoms with Crippen LogP contribution in [0.25, 0.3) is 0 Å². The highest BCUT2D eigenvalue weighted by molar-refractivity contribution is 5.01. The summed E-state index contributed by atoms with van der Waals surface area (Å²) < 4.78 is 0. The molecule has 82 valence electrons. The number of nitrogens with two attached hydrogens (primary N) is 1. The molecule has 2 rings (SSSR count). The highest BCUT2D eigenvalue weighted by atomic mass is 16.3. The molecule has 2 heteroatoms. The summed E-state index contributed by atoms with van der Waals surface area (Å²) in [5.74, 6) is 2.42. The molecule has 2 saturated carbocycles. The van der Waals surface area contributed by atoms with E-state index in [1.807, 2.05) is 0 Å². The summed E-state index contributed by atoms with van der Waals surface area (Å²) in [6.07, 6.45) is 5.28. The second kappa shape index (κ2) is 3.49. The molecule has 3 N–H and O–H groups in total. The first-order valence-electron chi connectivity index (χ1n) is 6.00. The second-order valence-electron chi connectivity index (χ2n) is 5.63. The van der Waals surface area contributed by atoms with Gasteiger partial charge >= 0.3 is 0 Å². The van der Waals surface area contributed by atoms with E-state index in [0.717, 1.165) is 11.8 Å². The predicted octanol–water partition coefficient (Wildman–Crippen LogP) is 1.77. The maximum Gasteiger partial charge on any atom is 0.0822 e. The number of rotatable bonds is 3. The van der Waals surface area contributed by atoms with Gasteiger partial charge < -0.3 is 10.8 Å². The molecule has 2 nitrogen and oxygen atoms in total. The lowest BCUT2D eigenvalue weighted by molar-refractivity contribution is -0.0693. The standard InChI is InChI=1S/C12H23NO/c1-8(2)12(14,7-13)11-6-9-3-4-10(11)5-9/h8-11,14H,3-7,13H2,1-2H3. The molecular weight excluding hydrogens is 174 g/mol. The lowest BCUT2D eigenvalue weighted by atomic mass is 9.71. The molecular formula is C12H23NO. The van der Waals surface area contributed by atoms with E-state index in [4.69, 9.17) is 5.73 Å². The molecule has 2 fully saturated rings. The van der Waals surface area contributed by atoms with E-state index in [1.54, 1.807) is 0 Å². The zero-order valence-electron chi connectivity index (χ0n) is 9.37. The molecule has 0 aromatic carbocycles. The van der Waals surface area contributed by atoms with Gasteiger partial charge in [0, 0.05) is 6.54 Å². The van der Waals surface area contributed by atoms with Crippen LogP contribution in [0, 0.1) is 23.7 Å². The van der Waals surface area contributed by atoms with Crippen LogP contribution >= 0.6 is 0 Å². The van der Waals surface area contributed by atoms with E-state index in [9.17, 15) is 5.11 Å². The Bertz CT molecular complexity index is 216. The highest BCUT2D eigenvalue weighted by Gasteiger charge is 2.50. The molecule has 2 bridgehead atoms. The first-order valence-corrected chi connectivity index (χ1v) is 6.00. The fourth-order valence-electron chi connectivity index (χ4n) is 3.67. The maximum atomic E-state index is 10.6. The van der Waals surface area contributed by atoms with Crippen LogP contribution in [0.15, 0.2) is 0 Å². The van der Waals surface area contributed by atoms with Crippen molar-refractivity contribution in [1.82, 2.24) is 0 Å². The molecule has 0 aromatic heterocycles. The van der Waals surface area contributed by atoms with E-state index >= 15 is 0 Å². The minimum absolute atomic E-state index is 0.289. The Morgan fingerprint density at radius 1 is 1.36 bits per heavy atom. The molecule has 0 spiro atoms. The van der Waals surface area contributed by atoms with Crippen LogP contribution in [0.1, 0.15) is 39.5 Å². The van der Waals surface area contributed by atoms with E-state index < -0.39 is 5.60 Å². The third-order valence-corrected chi connectivity index (χ3v) is 4.71. The van der Waals surface area contributed by atoms with Crippen molar-refractivity contribution in [3.63, 3.8) is 0 Å². The predicted molar refractivity (Wildman–Crippen MR) is 57.8 cm³/mol. The van der Waals surface area contributed by atoms with Crippen LogP contribution in [-0.4, -0.2) is 17.3 Å². The number of hydrogen-bond donors (Lipinski definition) is 2. The first kappa shape index (κ1) is 10.4. The van der Waals surface area contributed by atoms with Gasteiger partial charge in [-0.15, -0.1) is 0 Å². The zero-order chi connectivity index (χ0) is 10.3. The van der Waals surface area contributed by atoms with Crippen LogP contribution in [0.4, 0.5) is 0 Å². The number of fused-ring (bicyclic) bond motifs is 2. The van der Waals surface area contributed by atoms with Crippen molar-refractivity contribution in [3.8, 4) is 0 Å². The van der Waals surface area contributed by atoms with Crippen LogP contribution in [0.3, 0.4) is 0 Å². The van der Waals surface area contributed by atoms with Gasteiger partial charge in [-0.05, 0) is 42.9 Å². The molecule has 0 radical (unpaired) electrons. The molecule has 0 saturated heterocycles. The van der Waals surface area contributed by atoms with Crippen LogP contribution in [0.2, 0.25) is 0 Å². The lowest BCUT2D eigenvalue weighted by Gasteiger charge is -2.41. The maximum absolute atomic E-state index is 10.6. The molecule has 0 heterocycles. The lowest BCUT2D eigenvalue weighted by Crippen LogP contribution is -2.51. The van der Waals surface area contributed by atoms with Crippen molar-refractivity contribution >= 4 is 0 Å². The highest BCUT2D eigenvalue weighted by Crippen LogP contribution is 2.53. The van der Waals surface area contributed by atoms with E-state index in [0.29, 0.717) is 12.5 Å². The zero-order valence-corrected chi connectivity index (χ0v) is 9.37. The fraction of sp³-hybridized carbons (Fsp3) is 1.00. The van der Waals surface area contributed by atoms with Crippen LogP contribution < -0.4 is 5.73 Å². The topological polar surface area (TPSA) is 46.2 Å². The Hall–Kier alpha value is -0.0800. The summed E-state index contributed by atoms with van der Waals surface area (Å²) in [6, 6.07) is 0. The third kappa shape index (κ3) is 1.40. The average Bonchev–Trinajstić information content (AvgIpc) is 2.77. The molecule has 14 heavy (non-hydrogen) atoms. The van der Waals surface area contributed by atoms with Crippen molar-refractivity contribution in [2.45, 2.75) is 45.1 Å². The average molecular weight is 197 g/mol. The largest absolute Gasteiger partial charge is 0.388 e. The number of hydrogen-bond acceptors (Lipinski definition) is 2. The van der Waals surface area contributed by atoms with Gasteiger partial charge in [-0.2, -0.15) is 0 Å². The van der Waals surface area contributed by atoms with Crippen molar-refractivity contribution in [2.24, 2.45) is 29.4 Å². The Morgan fingerprint density at radius 3 is 2.43 bits per heavy atom. The molecule has 0 aliphatic heterocycles. The summed E-state index contributed by atoms with van der Waals surface area (Å²) in [4.78, 5) is 0. The Morgan fingerprint density at radius 2 is 2.07 bits per heavy atom. The Kier molecular flexibility index (Phi) is 2.61. The van der Waals surface area contributed by atoms with Gasteiger partial charge in [0.1, 0.15) is 0 Å². The van der Waals surface area contributed by atoms with Crippen molar-refractivity contribution in [2.75, 3.05) is 6.54 Å². The van der Waals surface area contributed by atoms with E-state index in [2.05, 4.69) is 13.8 Å². The molecule has 2 aliphatic carbocycles. The fourth-order valence-corrected chi connectivity index (χ4v) is 3.67. The summed E-state index contributed by atoms with van der Waals surface area (Å²) in [7, 11) is 0. The Labute approximate surface area is 86.9 Å². The molecule has 4 unspecified atom stereocenters. The normalized spacial score (nSPS) is 40.5. The van der Waals surface area contributed by atoms with Crippen LogP contribution in [-0.2, 0) is 0 Å². The quantitative estimate of drug-likeness (QED) is 0.724. The minimum atomic E-state index is -0.597. The van der Waals surface area contributed by atoms with Gasteiger partial charge in [-0.25, -0.2) is 0 Å². The van der Waals surface area contributed by atoms with Crippen LogP contribution in [0.5, 0.6) is 0 Å². The number of aliphatic hydroxyl groups is 1. The van der Waals surface area contributed by atoms with Gasteiger partial charge in [0.2, 0.25) is 0 Å². The molecule has 2 aliphatic rings. The van der Waals surface area contributed by atoms with Gasteiger partial charge in [0.15, 0.2) is 0 Å². The van der Waals surface area contributed by atoms with Crippen molar-refractivity contribution < 1.29 is 5.11 Å². The van der Waals surface area contributed by atoms with E-state index in [-0.39, 0.29) is 5.92 Å². The summed E-state index contributed by atoms with van der Waals surface area (Å²) in [6.45, 7) is 4.62. The van der Waals surface area contributed by atoms with Gasteiger partial charge in [0.25, 0.3) is 0 Å². The van der Waals surface area contributed by atoms with Crippen molar-refractivity contribution in [1.29, 1.82) is 0 Å². The SMILES string of the molecule is CC(C)C(O)(CN)C1CC2CCC1C2. The minimum Gasteiger partial charge on any atom is -0.388 e. The molecule has 0 aromatic rings. The summed E-state index contributed by atoms with van der Waals surface area (Å²) >= 11 is 0. The first-order chi connectivity index (χ1) is 6.58. The summed E-state index contributed by atoms with van der Waals surface area (Å²) in [5, 5.41) is 10.6. The second-order valence-corrected chi connectivity index (χ2v) is 5.63. The monoisotopic (exact) mass is 197 g/mol. The molecule has 0 amide bonds. The smallest absolute Gasteiger partial charge is 0.0822 e. The van der Waals surface area contributed by atoms with Gasteiger partial charge in [0.05, 0.1) is 5.60 Å². The molecule has 4 atom stereocenters. The Balaban J connectivity index is 2.13.